The van der Waals surface area contributed by atoms with Gasteiger partial charge < -0.3 is 5.11 Å². The van der Waals surface area contributed by atoms with Crippen LogP contribution in [-0.2, 0) is 6.42 Å². The summed E-state index contributed by atoms with van der Waals surface area (Å²) in [5.74, 6) is 0.517. The maximum Gasteiger partial charge on any atom is 0.0583 e. The maximum atomic E-state index is 10.3. The van der Waals surface area contributed by atoms with E-state index in [0.29, 0.717) is 12.0 Å². The number of aliphatic hydroxyl groups excluding tert-OH is 1. The molecule has 0 radical (unpaired) electrons. The minimum atomic E-state index is -0.0599. The fraction of sp³-hybridized carbons (Fsp3) is 0.706. The van der Waals surface area contributed by atoms with Gasteiger partial charge in [-0.05, 0) is 56.3 Å². The van der Waals surface area contributed by atoms with Crippen LogP contribution in [0.4, 0.5) is 0 Å². The standard InChI is InChI=1S/C17H26N2O/c20-17-6-2-1-4-15(17)16-5-3-12-19(16)13-9-14-7-10-18-11-8-14/h7-8,10-11,15-17,20H,1-6,9,12-13H2. The zero-order valence-corrected chi connectivity index (χ0v) is 12.2. The van der Waals surface area contributed by atoms with Crippen molar-refractivity contribution in [1.29, 1.82) is 0 Å². The Morgan fingerprint density at radius 2 is 1.90 bits per heavy atom. The fourth-order valence-electron chi connectivity index (χ4n) is 4.03. The molecule has 1 aromatic heterocycles. The molecule has 20 heavy (non-hydrogen) atoms. The largest absolute Gasteiger partial charge is 0.393 e. The van der Waals surface area contributed by atoms with Gasteiger partial charge in [0.2, 0.25) is 0 Å². The summed E-state index contributed by atoms with van der Waals surface area (Å²) in [4.78, 5) is 6.70. The van der Waals surface area contributed by atoms with Gasteiger partial charge in [0.15, 0.2) is 0 Å². The number of hydrogen-bond donors (Lipinski definition) is 1. The predicted molar refractivity (Wildman–Crippen MR) is 80.5 cm³/mol. The molecule has 0 bridgehead atoms. The second kappa shape index (κ2) is 6.68. The van der Waals surface area contributed by atoms with Crippen LogP contribution in [0, 0.1) is 5.92 Å². The summed E-state index contributed by atoms with van der Waals surface area (Å²) in [6.45, 7) is 2.33. The minimum absolute atomic E-state index is 0.0599. The molecule has 3 rings (SSSR count). The highest BCUT2D eigenvalue weighted by Crippen LogP contribution is 2.34. The van der Waals surface area contributed by atoms with E-state index in [1.165, 1.54) is 44.2 Å². The second-order valence-electron chi connectivity index (χ2n) is 6.37. The highest BCUT2D eigenvalue weighted by atomic mass is 16.3. The lowest BCUT2D eigenvalue weighted by Crippen LogP contribution is -2.43. The Hall–Kier alpha value is -0.930. The van der Waals surface area contributed by atoms with E-state index in [0.717, 1.165) is 19.4 Å². The highest BCUT2D eigenvalue weighted by Gasteiger charge is 2.36. The van der Waals surface area contributed by atoms with E-state index in [4.69, 9.17) is 0 Å². The summed E-state index contributed by atoms with van der Waals surface area (Å²) >= 11 is 0. The molecule has 2 heterocycles. The third-order valence-electron chi connectivity index (χ3n) is 5.13. The Morgan fingerprint density at radius 3 is 2.70 bits per heavy atom. The van der Waals surface area contributed by atoms with Gasteiger partial charge in [-0.3, -0.25) is 9.88 Å². The minimum Gasteiger partial charge on any atom is -0.393 e. The molecular weight excluding hydrogens is 248 g/mol. The monoisotopic (exact) mass is 274 g/mol. The van der Waals surface area contributed by atoms with Crippen LogP contribution in [-0.4, -0.2) is 40.2 Å². The van der Waals surface area contributed by atoms with Crippen LogP contribution in [0.3, 0.4) is 0 Å². The molecule has 3 nitrogen and oxygen atoms in total. The quantitative estimate of drug-likeness (QED) is 0.917. The Kier molecular flexibility index (Phi) is 4.69. The molecule has 1 saturated carbocycles. The molecule has 3 atom stereocenters. The van der Waals surface area contributed by atoms with Gasteiger partial charge in [-0.15, -0.1) is 0 Å². The average molecular weight is 274 g/mol. The molecule has 1 aromatic rings. The summed E-state index contributed by atoms with van der Waals surface area (Å²) in [6, 6.07) is 4.84. The normalized spacial score (nSPS) is 31.6. The first-order chi connectivity index (χ1) is 9.84. The third-order valence-corrected chi connectivity index (χ3v) is 5.13. The molecule has 2 fully saturated rings. The van der Waals surface area contributed by atoms with Crippen molar-refractivity contribution in [1.82, 2.24) is 9.88 Å². The zero-order valence-electron chi connectivity index (χ0n) is 12.2. The molecule has 110 valence electrons. The van der Waals surface area contributed by atoms with Crippen molar-refractivity contribution in [2.45, 2.75) is 57.1 Å². The van der Waals surface area contributed by atoms with Crippen LogP contribution in [0.1, 0.15) is 44.1 Å². The van der Waals surface area contributed by atoms with E-state index in [9.17, 15) is 5.11 Å². The van der Waals surface area contributed by atoms with Crippen LogP contribution < -0.4 is 0 Å². The maximum absolute atomic E-state index is 10.3. The number of pyridine rings is 1. The van der Waals surface area contributed by atoms with E-state index in [-0.39, 0.29) is 6.10 Å². The van der Waals surface area contributed by atoms with E-state index in [1.807, 2.05) is 12.4 Å². The Labute approximate surface area is 122 Å². The van der Waals surface area contributed by atoms with Gasteiger partial charge in [-0.25, -0.2) is 0 Å². The van der Waals surface area contributed by atoms with Gasteiger partial charge in [0.1, 0.15) is 0 Å². The van der Waals surface area contributed by atoms with Crippen LogP contribution in [0.15, 0.2) is 24.5 Å². The topological polar surface area (TPSA) is 36.4 Å². The summed E-state index contributed by atoms with van der Waals surface area (Å²) in [6.07, 6.45) is 12.1. The highest BCUT2D eigenvalue weighted by molar-refractivity contribution is 5.10. The first-order valence-electron chi connectivity index (χ1n) is 8.15. The van der Waals surface area contributed by atoms with Crippen molar-refractivity contribution >= 4 is 0 Å². The lowest BCUT2D eigenvalue weighted by molar-refractivity contribution is 0.0225. The van der Waals surface area contributed by atoms with Gasteiger partial charge in [0.25, 0.3) is 0 Å². The van der Waals surface area contributed by atoms with Crippen molar-refractivity contribution in [3.8, 4) is 0 Å². The Balaban J connectivity index is 1.58. The lowest BCUT2D eigenvalue weighted by atomic mass is 9.80. The van der Waals surface area contributed by atoms with Gasteiger partial charge in [-0.1, -0.05) is 12.8 Å². The molecule has 3 unspecified atom stereocenters. The third kappa shape index (κ3) is 3.21. The molecule has 1 aliphatic carbocycles. The van der Waals surface area contributed by atoms with Crippen LogP contribution in [0.2, 0.25) is 0 Å². The molecule has 1 saturated heterocycles. The van der Waals surface area contributed by atoms with Crippen LogP contribution >= 0.6 is 0 Å². The average Bonchev–Trinajstić information content (AvgIpc) is 2.95. The summed E-state index contributed by atoms with van der Waals surface area (Å²) < 4.78 is 0. The zero-order chi connectivity index (χ0) is 13.8. The number of aromatic nitrogens is 1. The van der Waals surface area contributed by atoms with Crippen molar-refractivity contribution < 1.29 is 5.11 Å². The van der Waals surface area contributed by atoms with Crippen molar-refractivity contribution in [3.05, 3.63) is 30.1 Å². The van der Waals surface area contributed by atoms with Gasteiger partial charge in [-0.2, -0.15) is 0 Å². The van der Waals surface area contributed by atoms with Crippen LogP contribution in [0.5, 0.6) is 0 Å². The van der Waals surface area contributed by atoms with Gasteiger partial charge in [0.05, 0.1) is 6.10 Å². The van der Waals surface area contributed by atoms with Gasteiger partial charge >= 0.3 is 0 Å². The molecule has 2 aliphatic rings. The Morgan fingerprint density at radius 1 is 1.10 bits per heavy atom. The van der Waals surface area contributed by atoms with E-state index >= 15 is 0 Å². The van der Waals surface area contributed by atoms with E-state index in [1.54, 1.807) is 0 Å². The summed E-state index contributed by atoms with van der Waals surface area (Å²) in [5, 5.41) is 10.3. The summed E-state index contributed by atoms with van der Waals surface area (Å²) in [5.41, 5.74) is 1.37. The molecule has 0 amide bonds. The molecule has 0 aromatic carbocycles. The predicted octanol–water partition coefficient (Wildman–Crippen LogP) is 2.64. The number of nitrogens with zero attached hydrogens (tertiary/aromatic N) is 2. The van der Waals surface area contributed by atoms with Crippen molar-refractivity contribution in [2.24, 2.45) is 5.92 Å². The smallest absolute Gasteiger partial charge is 0.0583 e. The van der Waals surface area contributed by atoms with Crippen LogP contribution in [0.25, 0.3) is 0 Å². The first-order valence-corrected chi connectivity index (χ1v) is 8.15. The first kappa shape index (κ1) is 14.0. The fourth-order valence-corrected chi connectivity index (χ4v) is 4.03. The summed E-state index contributed by atoms with van der Waals surface area (Å²) in [7, 11) is 0. The van der Waals surface area contributed by atoms with Gasteiger partial charge in [0, 0.05) is 30.9 Å². The van der Waals surface area contributed by atoms with Crippen molar-refractivity contribution in [2.75, 3.05) is 13.1 Å². The van der Waals surface area contributed by atoms with E-state index in [2.05, 4.69) is 22.0 Å². The number of aliphatic hydroxyl groups is 1. The molecule has 1 N–H and O–H groups in total. The van der Waals surface area contributed by atoms with E-state index < -0.39 is 0 Å². The lowest BCUT2D eigenvalue weighted by Gasteiger charge is -2.37. The molecule has 0 spiro atoms. The Bertz CT molecular complexity index is 409. The SMILES string of the molecule is OC1CCCCC1C1CCCN1CCc1ccncc1. The second-order valence-corrected chi connectivity index (χ2v) is 6.37. The number of rotatable bonds is 4. The number of hydrogen-bond acceptors (Lipinski definition) is 3. The molecular formula is C17H26N2O. The number of likely N-dealkylation sites (tertiary alicyclic amines) is 1. The molecule has 3 heteroatoms. The van der Waals surface area contributed by atoms with Crippen molar-refractivity contribution in [3.63, 3.8) is 0 Å². The molecule has 1 aliphatic heterocycles.